The van der Waals surface area contributed by atoms with Gasteiger partial charge >= 0.3 is 0 Å². The summed E-state index contributed by atoms with van der Waals surface area (Å²) in [7, 11) is 0. The zero-order valence-electron chi connectivity index (χ0n) is 4.28. The molecule has 0 aliphatic carbocycles. The van der Waals surface area contributed by atoms with Crippen LogP contribution in [0.4, 0.5) is 0 Å². The highest BCUT2D eigenvalue weighted by atomic mass is 16.4. The van der Waals surface area contributed by atoms with Crippen LogP contribution in [-0.2, 0) is 0 Å². The lowest BCUT2D eigenvalue weighted by Gasteiger charge is -1.73. The highest BCUT2D eigenvalue weighted by Crippen LogP contribution is 1.80. The van der Waals surface area contributed by atoms with Crippen molar-refractivity contribution in [2.45, 2.75) is 0 Å². The second-order valence-corrected chi connectivity index (χ2v) is 1.20. The molecule has 0 atom stereocenters. The summed E-state index contributed by atoms with van der Waals surface area (Å²) < 4.78 is 9.47. The Bertz CT molecular complexity index is 111. The van der Waals surface area contributed by atoms with Gasteiger partial charge in [0.05, 0.1) is 12.5 Å². The zero-order chi connectivity index (χ0) is 5.66. The molecule has 1 heterocycles. The molecular formula is C6H6O2. The van der Waals surface area contributed by atoms with E-state index in [1.54, 1.807) is 24.7 Å². The summed E-state index contributed by atoms with van der Waals surface area (Å²) in [6.45, 7) is 0. The number of hydrogen-bond donors (Lipinski definition) is 0. The Hall–Kier alpha value is -1.18. The molecule has 0 aliphatic rings. The maximum absolute atomic E-state index is 4.74. The van der Waals surface area contributed by atoms with Crippen LogP contribution >= 0.6 is 0 Å². The summed E-state index contributed by atoms with van der Waals surface area (Å²) in [4.78, 5) is 0. The Morgan fingerprint density at radius 1 is 0.625 bits per heavy atom. The Morgan fingerprint density at radius 3 is 1.62 bits per heavy atom. The van der Waals surface area contributed by atoms with Gasteiger partial charge in [-0.2, -0.15) is 0 Å². The standard InChI is InChI=1S/C6H6O2/c1-2-4-8-6-5-7-3-1/h1-6H. The Balaban J connectivity index is 3.00. The maximum Gasteiger partial charge on any atom is 0.125 e. The van der Waals surface area contributed by atoms with Crippen LogP contribution in [0.25, 0.3) is 0 Å². The first kappa shape index (κ1) is 4.97. The number of hydrogen-bond acceptors (Lipinski definition) is 2. The van der Waals surface area contributed by atoms with Crippen molar-refractivity contribution in [2.24, 2.45) is 0 Å². The van der Waals surface area contributed by atoms with Crippen LogP contribution in [0.15, 0.2) is 46.0 Å². The fraction of sp³-hybridized carbons (Fsp3) is 0. The molecule has 0 N–H and O–H groups in total. The summed E-state index contributed by atoms with van der Waals surface area (Å²) in [5, 5.41) is 0. The molecule has 0 spiro atoms. The second-order valence-electron chi connectivity index (χ2n) is 1.20. The van der Waals surface area contributed by atoms with Gasteiger partial charge in [0.15, 0.2) is 0 Å². The molecule has 1 rings (SSSR count). The minimum absolute atomic E-state index is 1.46. The van der Waals surface area contributed by atoms with Gasteiger partial charge in [0.25, 0.3) is 0 Å². The molecular weight excluding hydrogens is 104 g/mol. The molecule has 42 valence electrons. The molecule has 0 amide bonds. The van der Waals surface area contributed by atoms with Crippen LogP contribution in [0.3, 0.4) is 0 Å². The van der Waals surface area contributed by atoms with E-state index >= 15 is 0 Å². The fourth-order valence-electron chi connectivity index (χ4n) is 0.336. The van der Waals surface area contributed by atoms with Crippen molar-refractivity contribution in [1.82, 2.24) is 0 Å². The van der Waals surface area contributed by atoms with Gasteiger partial charge in [-0.1, -0.05) is 0 Å². The van der Waals surface area contributed by atoms with Gasteiger partial charge < -0.3 is 8.83 Å². The predicted molar refractivity (Wildman–Crippen MR) is 28.6 cm³/mol. The van der Waals surface area contributed by atoms with Crippen LogP contribution in [-0.4, -0.2) is 0 Å². The first-order chi connectivity index (χ1) is 4.00. The molecule has 0 radical (unpaired) electrons. The maximum atomic E-state index is 4.74. The Morgan fingerprint density at radius 2 is 1.12 bits per heavy atom. The summed E-state index contributed by atoms with van der Waals surface area (Å²) in [6, 6.07) is 3.48. The first-order valence-electron chi connectivity index (χ1n) is 2.28. The van der Waals surface area contributed by atoms with Crippen molar-refractivity contribution in [1.29, 1.82) is 0 Å². The highest BCUT2D eigenvalue weighted by molar-refractivity contribution is 4.76. The van der Waals surface area contributed by atoms with Gasteiger partial charge in [-0.15, -0.1) is 0 Å². The quantitative estimate of drug-likeness (QED) is 0.510. The van der Waals surface area contributed by atoms with Gasteiger partial charge in [0.1, 0.15) is 12.5 Å². The van der Waals surface area contributed by atoms with Crippen molar-refractivity contribution in [3.8, 4) is 0 Å². The van der Waals surface area contributed by atoms with Crippen molar-refractivity contribution < 1.29 is 8.83 Å². The molecule has 0 saturated heterocycles. The van der Waals surface area contributed by atoms with E-state index in [0.29, 0.717) is 0 Å². The lowest BCUT2D eigenvalue weighted by atomic mass is 10.6. The van der Waals surface area contributed by atoms with E-state index < -0.39 is 0 Å². The average Bonchev–Trinajstić information content (AvgIpc) is 1.62. The molecule has 0 bridgehead atoms. The van der Waals surface area contributed by atoms with Crippen LogP contribution in [0.1, 0.15) is 0 Å². The minimum Gasteiger partial charge on any atom is -0.469 e. The molecule has 8 heavy (non-hydrogen) atoms. The largest absolute Gasteiger partial charge is 0.469 e. The third-order valence-electron chi connectivity index (χ3n) is 0.638. The number of rotatable bonds is 0. The van der Waals surface area contributed by atoms with E-state index in [2.05, 4.69) is 0 Å². The zero-order valence-corrected chi connectivity index (χ0v) is 4.28. The summed E-state index contributed by atoms with van der Waals surface area (Å²) >= 11 is 0. The molecule has 0 aliphatic heterocycles. The lowest BCUT2D eigenvalue weighted by Crippen LogP contribution is -1.47. The van der Waals surface area contributed by atoms with Crippen LogP contribution in [0, 0.1) is 0 Å². The molecule has 2 nitrogen and oxygen atoms in total. The summed E-state index contributed by atoms with van der Waals surface area (Å²) in [6.07, 6.45) is 6.05. The summed E-state index contributed by atoms with van der Waals surface area (Å²) in [5.74, 6) is 0. The fourth-order valence-corrected chi connectivity index (χ4v) is 0.336. The SMILES string of the molecule is c1ccoccoc1. The monoisotopic (exact) mass is 110 g/mol. The van der Waals surface area contributed by atoms with Crippen molar-refractivity contribution >= 4 is 0 Å². The minimum atomic E-state index is 1.46. The van der Waals surface area contributed by atoms with Crippen molar-refractivity contribution in [3.63, 3.8) is 0 Å². The van der Waals surface area contributed by atoms with E-state index in [4.69, 9.17) is 8.83 Å². The van der Waals surface area contributed by atoms with Gasteiger partial charge in [-0.05, 0) is 12.1 Å². The molecule has 1 aromatic rings. The van der Waals surface area contributed by atoms with Crippen molar-refractivity contribution in [3.05, 3.63) is 37.2 Å². The van der Waals surface area contributed by atoms with Gasteiger partial charge in [0.2, 0.25) is 0 Å². The van der Waals surface area contributed by atoms with E-state index in [9.17, 15) is 0 Å². The van der Waals surface area contributed by atoms with Crippen LogP contribution in [0.5, 0.6) is 0 Å². The lowest BCUT2D eigenvalue weighted by molar-refractivity contribution is 0.491. The third kappa shape index (κ3) is 1.51. The van der Waals surface area contributed by atoms with Crippen LogP contribution in [0.2, 0.25) is 0 Å². The average molecular weight is 110 g/mol. The van der Waals surface area contributed by atoms with Gasteiger partial charge in [-0.25, -0.2) is 0 Å². The van der Waals surface area contributed by atoms with E-state index in [1.807, 2.05) is 0 Å². The molecule has 0 aromatic carbocycles. The Kier molecular flexibility index (Phi) is 1.80. The molecule has 1 aromatic heterocycles. The van der Waals surface area contributed by atoms with Crippen molar-refractivity contribution in [2.75, 3.05) is 0 Å². The van der Waals surface area contributed by atoms with Gasteiger partial charge in [0, 0.05) is 0 Å². The highest BCUT2D eigenvalue weighted by Gasteiger charge is 1.59. The van der Waals surface area contributed by atoms with E-state index in [1.165, 1.54) is 12.5 Å². The smallest absolute Gasteiger partial charge is 0.125 e. The van der Waals surface area contributed by atoms with E-state index in [-0.39, 0.29) is 0 Å². The normalized spacial score (nSPS) is 8.00. The topological polar surface area (TPSA) is 26.3 Å². The first-order valence-corrected chi connectivity index (χ1v) is 2.28. The molecule has 2 heteroatoms. The molecule has 0 unspecified atom stereocenters. The van der Waals surface area contributed by atoms with Gasteiger partial charge in [-0.3, -0.25) is 0 Å². The molecule has 0 saturated carbocycles. The summed E-state index contributed by atoms with van der Waals surface area (Å²) in [5.41, 5.74) is 0. The Labute approximate surface area is 47.1 Å². The molecule has 0 fully saturated rings. The predicted octanol–water partition coefficient (Wildman–Crippen LogP) is 2.00. The second kappa shape index (κ2) is 2.91. The van der Waals surface area contributed by atoms with E-state index in [0.717, 1.165) is 0 Å². The third-order valence-corrected chi connectivity index (χ3v) is 0.638. The van der Waals surface area contributed by atoms with Crippen LogP contribution < -0.4 is 0 Å².